The van der Waals surface area contributed by atoms with Crippen molar-refractivity contribution >= 4 is 11.9 Å². The molecule has 0 aliphatic heterocycles. The molecular formula is C16H23N5O. The van der Waals surface area contributed by atoms with E-state index >= 15 is 0 Å². The van der Waals surface area contributed by atoms with Crippen molar-refractivity contribution in [2.45, 2.75) is 32.6 Å². The number of rotatable bonds is 8. The van der Waals surface area contributed by atoms with E-state index in [0.29, 0.717) is 11.9 Å². The summed E-state index contributed by atoms with van der Waals surface area (Å²) in [6.45, 7) is 5.79. The quantitative estimate of drug-likeness (QED) is 0.729. The third-order valence-corrected chi connectivity index (χ3v) is 3.37. The van der Waals surface area contributed by atoms with Crippen molar-refractivity contribution in [3.63, 3.8) is 0 Å². The van der Waals surface area contributed by atoms with Crippen molar-refractivity contribution in [2.24, 2.45) is 0 Å². The average Bonchev–Trinajstić information content (AvgIpc) is 2.54. The molecular weight excluding hydrogens is 278 g/mol. The number of aromatic nitrogens is 3. The molecule has 2 aromatic rings. The van der Waals surface area contributed by atoms with Crippen LogP contribution in [0.1, 0.15) is 38.2 Å². The van der Waals surface area contributed by atoms with Crippen LogP contribution in [0.2, 0.25) is 0 Å². The summed E-state index contributed by atoms with van der Waals surface area (Å²) in [6.07, 6.45) is 3.62. The maximum Gasteiger partial charge on any atom is 0.227 e. The smallest absolute Gasteiger partial charge is 0.227 e. The number of nitrogens with zero attached hydrogens (tertiary/aromatic N) is 3. The second kappa shape index (κ2) is 8.17. The first kappa shape index (κ1) is 16.0. The fourth-order valence-corrected chi connectivity index (χ4v) is 1.98. The number of anilines is 2. The molecule has 0 radical (unpaired) electrons. The number of hydrogen-bond donors (Lipinski definition) is 2. The molecule has 0 amide bonds. The number of nitrogens with two attached hydrogens (primary N) is 1. The van der Waals surface area contributed by atoms with Crippen LogP contribution in [0.5, 0.6) is 5.75 Å². The van der Waals surface area contributed by atoms with Crippen LogP contribution in [0, 0.1) is 0 Å². The molecule has 6 nitrogen and oxygen atoms in total. The van der Waals surface area contributed by atoms with Crippen molar-refractivity contribution in [1.29, 1.82) is 0 Å². The maximum atomic E-state index is 5.67. The van der Waals surface area contributed by atoms with E-state index in [4.69, 9.17) is 10.5 Å². The molecule has 22 heavy (non-hydrogen) atoms. The lowest BCUT2D eigenvalue weighted by atomic mass is 10.0. The lowest BCUT2D eigenvalue weighted by Gasteiger charge is -2.14. The Morgan fingerprint density at radius 2 is 2.00 bits per heavy atom. The molecule has 0 fully saturated rings. The Morgan fingerprint density at radius 3 is 2.68 bits per heavy atom. The molecule has 0 bridgehead atoms. The molecule has 2 rings (SSSR count). The zero-order valence-corrected chi connectivity index (χ0v) is 13.1. The molecule has 118 valence electrons. The van der Waals surface area contributed by atoms with Gasteiger partial charge < -0.3 is 15.8 Å². The Balaban J connectivity index is 1.85. The van der Waals surface area contributed by atoms with Gasteiger partial charge in [0.15, 0.2) is 0 Å². The number of benzene rings is 1. The normalized spacial score (nSPS) is 11.9. The number of hydrogen-bond acceptors (Lipinski definition) is 6. The average molecular weight is 301 g/mol. The standard InChI is InChI=1S/C16H23N5O/c1-3-4-9-22-14-7-5-13(6-8-14)12(2)10-18-16-20-11-19-15(17)21-16/h5-8,11-12H,3-4,9-10H2,1-2H3,(H3,17,18,19,20,21). The molecule has 0 saturated heterocycles. The molecule has 3 N–H and O–H groups in total. The molecule has 1 heterocycles. The van der Waals surface area contributed by atoms with Crippen molar-refractivity contribution in [3.8, 4) is 5.75 Å². The third kappa shape index (κ3) is 4.87. The van der Waals surface area contributed by atoms with Crippen LogP contribution in [0.3, 0.4) is 0 Å². The van der Waals surface area contributed by atoms with Gasteiger partial charge in [-0.15, -0.1) is 0 Å². The molecule has 0 aliphatic carbocycles. The summed E-state index contributed by atoms with van der Waals surface area (Å²) in [6, 6.07) is 8.22. The van der Waals surface area contributed by atoms with Gasteiger partial charge in [-0.25, -0.2) is 9.97 Å². The van der Waals surface area contributed by atoms with Crippen molar-refractivity contribution in [3.05, 3.63) is 36.2 Å². The van der Waals surface area contributed by atoms with E-state index in [9.17, 15) is 0 Å². The van der Waals surface area contributed by atoms with Gasteiger partial charge in [0.1, 0.15) is 12.1 Å². The second-order valence-electron chi connectivity index (χ2n) is 5.22. The number of unbranched alkanes of at least 4 members (excludes halogenated alkanes) is 1. The van der Waals surface area contributed by atoms with Crippen LogP contribution >= 0.6 is 0 Å². The van der Waals surface area contributed by atoms with Gasteiger partial charge in [0, 0.05) is 6.54 Å². The van der Waals surface area contributed by atoms with Gasteiger partial charge in [-0.05, 0) is 30.0 Å². The van der Waals surface area contributed by atoms with Gasteiger partial charge in [-0.1, -0.05) is 32.4 Å². The predicted octanol–water partition coefficient (Wildman–Crippen LogP) is 2.85. The predicted molar refractivity (Wildman–Crippen MR) is 88.0 cm³/mol. The van der Waals surface area contributed by atoms with Gasteiger partial charge >= 0.3 is 0 Å². The third-order valence-electron chi connectivity index (χ3n) is 3.37. The van der Waals surface area contributed by atoms with Crippen LogP contribution in [0.25, 0.3) is 0 Å². The van der Waals surface area contributed by atoms with E-state index in [0.717, 1.165) is 31.7 Å². The fourth-order valence-electron chi connectivity index (χ4n) is 1.98. The first-order valence-electron chi connectivity index (χ1n) is 7.60. The van der Waals surface area contributed by atoms with Crippen LogP contribution in [0.15, 0.2) is 30.6 Å². The minimum atomic E-state index is 0.221. The van der Waals surface area contributed by atoms with Gasteiger partial charge in [0.2, 0.25) is 11.9 Å². The van der Waals surface area contributed by atoms with E-state index in [2.05, 4.69) is 46.2 Å². The summed E-state index contributed by atoms with van der Waals surface area (Å²) in [4.78, 5) is 11.8. The second-order valence-corrected chi connectivity index (χ2v) is 5.22. The highest BCUT2D eigenvalue weighted by atomic mass is 16.5. The topological polar surface area (TPSA) is 86.0 Å². The molecule has 1 aromatic heterocycles. The zero-order chi connectivity index (χ0) is 15.8. The Morgan fingerprint density at radius 1 is 1.23 bits per heavy atom. The largest absolute Gasteiger partial charge is 0.494 e. The highest BCUT2D eigenvalue weighted by molar-refractivity contribution is 5.32. The summed E-state index contributed by atoms with van der Waals surface area (Å²) in [7, 11) is 0. The Kier molecular flexibility index (Phi) is 5.94. The SMILES string of the molecule is CCCCOc1ccc(C(C)CNc2ncnc(N)n2)cc1. The minimum absolute atomic E-state index is 0.221. The summed E-state index contributed by atoms with van der Waals surface area (Å²) < 4.78 is 5.67. The number of ether oxygens (including phenoxy) is 1. The Labute approximate surface area is 131 Å². The van der Waals surface area contributed by atoms with Crippen LogP contribution in [-0.2, 0) is 0 Å². The highest BCUT2D eigenvalue weighted by Crippen LogP contribution is 2.19. The van der Waals surface area contributed by atoms with E-state index in [-0.39, 0.29) is 5.95 Å². The molecule has 1 atom stereocenters. The van der Waals surface area contributed by atoms with Crippen LogP contribution in [-0.4, -0.2) is 28.1 Å². The van der Waals surface area contributed by atoms with Crippen LogP contribution < -0.4 is 15.8 Å². The summed E-state index contributed by atoms with van der Waals surface area (Å²) in [5, 5.41) is 3.17. The van der Waals surface area contributed by atoms with E-state index in [1.165, 1.54) is 11.9 Å². The minimum Gasteiger partial charge on any atom is -0.494 e. The lowest BCUT2D eigenvalue weighted by molar-refractivity contribution is 0.309. The molecule has 1 unspecified atom stereocenters. The first-order chi connectivity index (χ1) is 10.7. The Hall–Kier alpha value is -2.37. The molecule has 0 saturated carbocycles. The lowest BCUT2D eigenvalue weighted by Crippen LogP contribution is -2.13. The summed E-state index contributed by atoms with van der Waals surface area (Å²) in [5.41, 5.74) is 6.76. The van der Waals surface area contributed by atoms with Gasteiger partial charge in [0.25, 0.3) is 0 Å². The van der Waals surface area contributed by atoms with Gasteiger partial charge in [0.05, 0.1) is 6.61 Å². The van der Waals surface area contributed by atoms with Gasteiger partial charge in [-0.2, -0.15) is 4.98 Å². The maximum absolute atomic E-state index is 5.67. The molecule has 0 spiro atoms. The highest BCUT2D eigenvalue weighted by Gasteiger charge is 2.07. The van der Waals surface area contributed by atoms with Crippen molar-refractivity contribution in [1.82, 2.24) is 15.0 Å². The van der Waals surface area contributed by atoms with Gasteiger partial charge in [-0.3, -0.25) is 0 Å². The summed E-state index contributed by atoms with van der Waals surface area (Å²) in [5.74, 6) is 1.96. The molecule has 6 heteroatoms. The summed E-state index contributed by atoms with van der Waals surface area (Å²) >= 11 is 0. The number of nitrogens with one attached hydrogen (secondary N) is 1. The van der Waals surface area contributed by atoms with Crippen LogP contribution in [0.4, 0.5) is 11.9 Å². The fraction of sp³-hybridized carbons (Fsp3) is 0.438. The van der Waals surface area contributed by atoms with E-state index in [1.807, 2.05) is 12.1 Å². The Bertz CT molecular complexity index is 573. The van der Waals surface area contributed by atoms with E-state index in [1.54, 1.807) is 0 Å². The number of nitrogen functional groups attached to an aromatic ring is 1. The molecule has 0 aliphatic rings. The first-order valence-corrected chi connectivity index (χ1v) is 7.60. The monoisotopic (exact) mass is 301 g/mol. The zero-order valence-electron chi connectivity index (χ0n) is 13.1. The molecule has 1 aromatic carbocycles. The van der Waals surface area contributed by atoms with Crippen molar-refractivity contribution < 1.29 is 4.74 Å². The van der Waals surface area contributed by atoms with E-state index < -0.39 is 0 Å². The van der Waals surface area contributed by atoms with Crippen molar-refractivity contribution in [2.75, 3.05) is 24.2 Å².